The molecule has 0 aliphatic carbocycles. The molecule has 116 valence electrons. The third-order valence-electron chi connectivity index (χ3n) is 3.09. The average Bonchev–Trinajstić information content (AvgIpc) is 2.92. The van der Waals surface area contributed by atoms with E-state index in [0.29, 0.717) is 24.3 Å². The van der Waals surface area contributed by atoms with Crippen LogP contribution >= 0.6 is 0 Å². The highest BCUT2D eigenvalue weighted by molar-refractivity contribution is 5.83. The standard InChI is InChI=1S/C12H16N8O2/c1-3-18(4-2)10-6-5-9(7-11(10)20(21)22)8-14-19-12(13)15-16-17-19/h5-8H,3-4H2,1-2H3,(H2,13,15,17)/b14-8+. The van der Waals surface area contributed by atoms with Gasteiger partial charge in [0.15, 0.2) is 0 Å². The molecule has 0 amide bonds. The van der Waals surface area contributed by atoms with Gasteiger partial charge < -0.3 is 10.6 Å². The lowest BCUT2D eigenvalue weighted by atomic mass is 10.1. The SMILES string of the molecule is CCN(CC)c1ccc(/C=N/n2nnnc2N)cc1[N+](=O)[O-]. The Morgan fingerprint density at radius 2 is 2.18 bits per heavy atom. The smallest absolute Gasteiger partial charge is 0.293 e. The lowest BCUT2D eigenvalue weighted by Gasteiger charge is -2.20. The summed E-state index contributed by atoms with van der Waals surface area (Å²) in [6, 6.07) is 4.90. The maximum atomic E-state index is 11.3. The Morgan fingerprint density at radius 3 is 2.73 bits per heavy atom. The van der Waals surface area contributed by atoms with Gasteiger partial charge in [0.25, 0.3) is 11.6 Å². The predicted octanol–water partition coefficient (Wildman–Crippen LogP) is 0.892. The number of tetrazole rings is 1. The number of anilines is 2. The first-order chi connectivity index (χ1) is 10.6. The number of nitro groups is 1. The van der Waals surface area contributed by atoms with Gasteiger partial charge in [-0.15, -0.1) is 0 Å². The van der Waals surface area contributed by atoms with Crippen molar-refractivity contribution in [2.24, 2.45) is 5.10 Å². The van der Waals surface area contributed by atoms with Crippen molar-refractivity contribution in [3.05, 3.63) is 33.9 Å². The van der Waals surface area contributed by atoms with Crippen LogP contribution < -0.4 is 10.6 Å². The number of rotatable bonds is 6. The summed E-state index contributed by atoms with van der Waals surface area (Å²) in [7, 11) is 0. The molecule has 0 aliphatic rings. The molecule has 1 aromatic heterocycles. The van der Waals surface area contributed by atoms with E-state index in [2.05, 4.69) is 20.6 Å². The van der Waals surface area contributed by atoms with Crippen LogP contribution in [0.2, 0.25) is 0 Å². The summed E-state index contributed by atoms with van der Waals surface area (Å²) in [5.41, 5.74) is 6.64. The third-order valence-corrected chi connectivity index (χ3v) is 3.09. The Hall–Kier alpha value is -3.04. The zero-order valence-corrected chi connectivity index (χ0v) is 12.2. The van der Waals surface area contributed by atoms with E-state index >= 15 is 0 Å². The number of benzene rings is 1. The highest BCUT2D eigenvalue weighted by Crippen LogP contribution is 2.28. The Morgan fingerprint density at radius 1 is 1.45 bits per heavy atom. The van der Waals surface area contributed by atoms with E-state index in [1.165, 1.54) is 12.3 Å². The molecule has 2 rings (SSSR count). The van der Waals surface area contributed by atoms with Crippen LogP contribution in [0.25, 0.3) is 0 Å². The van der Waals surface area contributed by atoms with Crippen LogP contribution in [-0.2, 0) is 0 Å². The number of nitrogen functional groups attached to an aromatic ring is 1. The van der Waals surface area contributed by atoms with Crippen LogP contribution in [0.4, 0.5) is 17.3 Å². The molecule has 0 spiro atoms. The summed E-state index contributed by atoms with van der Waals surface area (Å²) >= 11 is 0. The predicted molar refractivity (Wildman–Crippen MR) is 81.9 cm³/mol. The summed E-state index contributed by atoms with van der Waals surface area (Å²) in [6.07, 6.45) is 1.41. The molecule has 0 fully saturated rings. The summed E-state index contributed by atoms with van der Waals surface area (Å²) in [6.45, 7) is 5.27. The van der Waals surface area contributed by atoms with Gasteiger partial charge in [-0.25, -0.2) is 0 Å². The fourth-order valence-corrected chi connectivity index (χ4v) is 1.99. The van der Waals surface area contributed by atoms with Crippen LogP contribution in [0.1, 0.15) is 19.4 Å². The Balaban J connectivity index is 2.35. The Bertz CT molecular complexity index is 692. The molecule has 10 heteroatoms. The lowest BCUT2D eigenvalue weighted by Crippen LogP contribution is -2.22. The van der Waals surface area contributed by atoms with E-state index in [0.717, 1.165) is 4.79 Å². The monoisotopic (exact) mass is 304 g/mol. The minimum atomic E-state index is -0.406. The summed E-state index contributed by atoms with van der Waals surface area (Å²) in [5, 5.41) is 25.6. The molecule has 0 atom stereocenters. The van der Waals surface area contributed by atoms with Crippen LogP contribution in [0, 0.1) is 10.1 Å². The van der Waals surface area contributed by atoms with Crippen molar-refractivity contribution in [1.29, 1.82) is 0 Å². The maximum Gasteiger partial charge on any atom is 0.293 e. The lowest BCUT2D eigenvalue weighted by molar-refractivity contribution is -0.384. The van der Waals surface area contributed by atoms with Gasteiger partial charge in [0, 0.05) is 24.7 Å². The topological polar surface area (TPSA) is 128 Å². The second kappa shape index (κ2) is 6.61. The van der Waals surface area contributed by atoms with Gasteiger partial charge in [-0.3, -0.25) is 10.1 Å². The van der Waals surface area contributed by atoms with Crippen molar-refractivity contribution in [3.63, 3.8) is 0 Å². The number of hydrogen-bond acceptors (Lipinski definition) is 8. The van der Waals surface area contributed by atoms with Crippen molar-refractivity contribution in [2.75, 3.05) is 23.7 Å². The van der Waals surface area contributed by atoms with Gasteiger partial charge >= 0.3 is 0 Å². The number of aromatic nitrogens is 4. The maximum absolute atomic E-state index is 11.3. The van der Waals surface area contributed by atoms with E-state index in [1.54, 1.807) is 12.1 Å². The molecular formula is C12H16N8O2. The normalized spacial score (nSPS) is 11.0. The molecule has 1 aromatic carbocycles. The number of nitro benzene ring substituents is 1. The van der Waals surface area contributed by atoms with E-state index in [-0.39, 0.29) is 11.6 Å². The molecule has 0 saturated carbocycles. The number of hydrogen-bond donors (Lipinski definition) is 1. The summed E-state index contributed by atoms with van der Waals surface area (Å²) in [4.78, 5) is 13.8. The highest BCUT2D eigenvalue weighted by atomic mass is 16.6. The molecule has 1 heterocycles. The second-order valence-electron chi connectivity index (χ2n) is 4.35. The molecule has 22 heavy (non-hydrogen) atoms. The van der Waals surface area contributed by atoms with Gasteiger partial charge in [-0.05, 0) is 30.3 Å². The fourth-order valence-electron chi connectivity index (χ4n) is 1.99. The van der Waals surface area contributed by atoms with E-state index in [4.69, 9.17) is 5.73 Å². The van der Waals surface area contributed by atoms with Gasteiger partial charge in [-0.2, -0.15) is 5.10 Å². The summed E-state index contributed by atoms with van der Waals surface area (Å²) in [5.74, 6) is 0.0329. The van der Waals surface area contributed by atoms with Crippen LogP contribution in [0.5, 0.6) is 0 Å². The third kappa shape index (κ3) is 3.16. The first-order valence-electron chi connectivity index (χ1n) is 6.68. The van der Waals surface area contributed by atoms with Gasteiger partial charge in [0.1, 0.15) is 5.69 Å². The molecule has 0 bridgehead atoms. The molecule has 10 nitrogen and oxygen atoms in total. The minimum Gasteiger partial charge on any atom is -0.367 e. The van der Waals surface area contributed by atoms with Crippen molar-refractivity contribution in [2.45, 2.75) is 13.8 Å². The zero-order chi connectivity index (χ0) is 16.1. The molecule has 2 aromatic rings. The van der Waals surface area contributed by atoms with Crippen molar-refractivity contribution >= 4 is 23.5 Å². The minimum absolute atomic E-state index is 0.0253. The van der Waals surface area contributed by atoms with Gasteiger partial charge in [0.05, 0.1) is 11.1 Å². The first kappa shape index (κ1) is 15.4. The Labute approximate surface area is 126 Å². The quantitative estimate of drug-likeness (QED) is 0.476. The van der Waals surface area contributed by atoms with E-state index < -0.39 is 4.92 Å². The molecule has 0 aliphatic heterocycles. The second-order valence-corrected chi connectivity index (χ2v) is 4.35. The number of nitrogens with zero attached hydrogens (tertiary/aromatic N) is 7. The largest absolute Gasteiger partial charge is 0.367 e. The van der Waals surface area contributed by atoms with Gasteiger partial charge in [0.2, 0.25) is 0 Å². The molecular weight excluding hydrogens is 288 g/mol. The van der Waals surface area contributed by atoms with Crippen molar-refractivity contribution < 1.29 is 4.92 Å². The molecule has 0 saturated heterocycles. The molecule has 2 N–H and O–H groups in total. The Kier molecular flexibility index (Phi) is 4.61. The summed E-state index contributed by atoms with van der Waals surface area (Å²) < 4.78 is 0. The number of nitrogens with two attached hydrogens (primary N) is 1. The fraction of sp³-hybridized carbons (Fsp3) is 0.333. The van der Waals surface area contributed by atoms with Gasteiger partial charge in [-0.1, -0.05) is 16.0 Å². The van der Waals surface area contributed by atoms with Crippen LogP contribution in [0.15, 0.2) is 23.3 Å². The van der Waals surface area contributed by atoms with E-state index in [1.807, 2.05) is 18.7 Å². The highest BCUT2D eigenvalue weighted by Gasteiger charge is 2.18. The van der Waals surface area contributed by atoms with Crippen molar-refractivity contribution in [3.8, 4) is 0 Å². The first-order valence-corrected chi connectivity index (χ1v) is 6.68. The van der Waals surface area contributed by atoms with Crippen molar-refractivity contribution in [1.82, 2.24) is 20.3 Å². The average molecular weight is 304 g/mol. The molecule has 0 unspecified atom stereocenters. The van der Waals surface area contributed by atoms with Crippen LogP contribution in [-0.4, -0.2) is 44.5 Å². The zero-order valence-electron chi connectivity index (χ0n) is 12.2. The van der Waals surface area contributed by atoms with Crippen LogP contribution in [0.3, 0.4) is 0 Å². The van der Waals surface area contributed by atoms with E-state index in [9.17, 15) is 10.1 Å². The molecule has 0 radical (unpaired) electrons.